The number of nitrogens with one attached hydrogen (secondary N) is 2. The molecule has 0 saturated carbocycles. The first-order valence-electron chi connectivity index (χ1n) is 8.54. The summed E-state index contributed by atoms with van der Waals surface area (Å²) >= 11 is 0. The number of rotatable bonds is 4. The lowest BCUT2D eigenvalue weighted by atomic mass is 10.0. The number of amides is 6. The fourth-order valence-electron chi connectivity index (χ4n) is 3.67. The van der Waals surface area contributed by atoms with Gasteiger partial charge in [0.15, 0.2) is 0 Å². The highest BCUT2D eigenvalue weighted by Crippen LogP contribution is 2.30. The molecule has 5 N–H and O–H groups in total. The van der Waals surface area contributed by atoms with Crippen LogP contribution in [0, 0.1) is 0 Å². The third kappa shape index (κ3) is 4.33. The molecule has 0 spiro atoms. The molecular weight excluding hydrogens is 419 g/mol. The van der Waals surface area contributed by atoms with Crippen LogP contribution in [0.1, 0.15) is 19.3 Å². The summed E-state index contributed by atoms with van der Waals surface area (Å²) in [5.74, 6) is -1.63. The van der Waals surface area contributed by atoms with Crippen LogP contribution >= 0.6 is 0 Å². The number of piperidine rings is 1. The van der Waals surface area contributed by atoms with Gasteiger partial charge in [0.05, 0.1) is 12.6 Å². The van der Waals surface area contributed by atoms with Crippen molar-refractivity contribution < 1.29 is 40.8 Å². The van der Waals surface area contributed by atoms with Gasteiger partial charge in [0, 0.05) is 13.0 Å². The van der Waals surface area contributed by atoms with Gasteiger partial charge < -0.3 is 15.5 Å². The van der Waals surface area contributed by atoms with E-state index in [-0.39, 0.29) is 32.4 Å². The van der Waals surface area contributed by atoms with E-state index in [1.807, 2.05) is 0 Å². The van der Waals surface area contributed by atoms with Crippen molar-refractivity contribution in [1.29, 1.82) is 0 Å². The molecule has 162 valence electrons. The number of alkyl halides is 1. The third-order valence-corrected chi connectivity index (χ3v) is 5.29. The molecule has 0 aliphatic carbocycles. The Morgan fingerprint density at radius 1 is 1.14 bits per heavy atom. The van der Waals surface area contributed by atoms with Crippen LogP contribution in [0.3, 0.4) is 0 Å². The van der Waals surface area contributed by atoms with E-state index in [9.17, 15) is 32.0 Å². The number of primary amides is 1. The summed E-state index contributed by atoms with van der Waals surface area (Å²) in [4.78, 5) is 50.0. The molecule has 3 aliphatic heterocycles. The van der Waals surface area contributed by atoms with Gasteiger partial charge >= 0.3 is 22.5 Å². The average Bonchev–Trinajstić information content (AvgIpc) is 3.13. The van der Waals surface area contributed by atoms with Crippen molar-refractivity contribution in [3.63, 3.8) is 0 Å². The number of nitrogens with zero attached hydrogens (tertiary/aromatic N) is 3. The zero-order valence-corrected chi connectivity index (χ0v) is 15.7. The maximum Gasteiger partial charge on any atom is 0.418 e. The van der Waals surface area contributed by atoms with Crippen LogP contribution in [0.5, 0.6) is 0 Å². The summed E-state index contributed by atoms with van der Waals surface area (Å²) in [6.45, 7) is -0.362. The van der Waals surface area contributed by atoms with Crippen LogP contribution < -0.4 is 16.6 Å². The molecule has 0 aromatic rings. The van der Waals surface area contributed by atoms with Crippen molar-refractivity contribution in [2.45, 2.75) is 43.6 Å². The quantitative estimate of drug-likeness (QED) is 0.276. The Bertz CT molecular complexity index is 839. The Balaban J connectivity index is 1.58. The van der Waals surface area contributed by atoms with E-state index in [2.05, 4.69) is 15.1 Å². The van der Waals surface area contributed by atoms with Gasteiger partial charge in [-0.3, -0.25) is 25.0 Å². The largest absolute Gasteiger partial charge is 0.418 e. The molecule has 0 aromatic carbocycles. The summed E-state index contributed by atoms with van der Waals surface area (Å²) < 4.78 is 48.2. The third-order valence-electron chi connectivity index (χ3n) is 4.94. The van der Waals surface area contributed by atoms with Crippen molar-refractivity contribution in [2.75, 3.05) is 13.1 Å². The number of hydrazine groups is 1. The molecule has 3 rings (SSSR count). The molecule has 6 amide bonds. The first-order chi connectivity index (χ1) is 13.5. The zero-order chi connectivity index (χ0) is 21.5. The summed E-state index contributed by atoms with van der Waals surface area (Å²) in [6, 6.07) is -4.82. The number of carbonyl (C=O) groups excluding carboxylic acids is 4. The molecule has 4 atom stereocenters. The lowest BCUT2D eigenvalue weighted by Crippen LogP contribution is -2.57. The van der Waals surface area contributed by atoms with E-state index in [1.165, 1.54) is 0 Å². The van der Waals surface area contributed by atoms with Crippen LogP contribution in [0.2, 0.25) is 0 Å². The summed E-state index contributed by atoms with van der Waals surface area (Å²) in [5.41, 5.74) is 9.29. The van der Waals surface area contributed by atoms with Crippen molar-refractivity contribution in [3.8, 4) is 0 Å². The van der Waals surface area contributed by atoms with E-state index in [0.717, 1.165) is 9.80 Å². The summed E-state index contributed by atoms with van der Waals surface area (Å²) in [5, 5.41) is 0.478. The molecular formula is C13H19FN6O8S. The van der Waals surface area contributed by atoms with Crippen LogP contribution in [0.25, 0.3) is 0 Å². The molecule has 0 radical (unpaired) electrons. The fraction of sp³-hybridized carbons (Fsp3) is 0.692. The second-order valence-electron chi connectivity index (χ2n) is 6.83. The Labute approximate surface area is 164 Å². The topological polar surface area (TPSA) is 192 Å². The highest BCUT2D eigenvalue weighted by atomic mass is 32.3. The van der Waals surface area contributed by atoms with Gasteiger partial charge in [-0.05, 0) is 12.8 Å². The SMILES string of the molecule is NC(=O)N1C[C@@H](F)C[C@H]1C(=O)NNC(=O)C1CCC2CN1C(=O)N2OS(=O)(=O)O. The number of fused-ring (bicyclic) bond motifs is 2. The Kier molecular flexibility index (Phi) is 5.50. The van der Waals surface area contributed by atoms with E-state index in [4.69, 9.17) is 10.3 Å². The standard InChI is InChI=1S/C13H19FN6O8S/c14-6-3-9(18(4-6)12(15)23)11(22)17-16-10(21)8-2-1-7-5-19(8)13(24)20(7)28-29(25,26)27/h6-9H,1-5H2,(H2,15,23)(H,16,21)(H,17,22)(H,25,26,27)/t6-,7?,8?,9-/m0/s1. The first kappa shape index (κ1) is 21.0. The normalized spacial score (nSPS) is 29.2. The van der Waals surface area contributed by atoms with Gasteiger partial charge in [0.2, 0.25) is 0 Å². The minimum absolute atomic E-state index is 0.0258. The van der Waals surface area contributed by atoms with Crippen LogP contribution in [-0.4, -0.2) is 89.1 Å². The van der Waals surface area contributed by atoms with Crippen LogP contribution in [0.15, 0.2) is 0 Å². The molecule has 16 heteroatoms. The monoisotopic (exact) mass is 438 g/mol. The van der Waals surface area contributed by atoms with Crippen molar-refractivity contribution >= 4 is 34.3 Å². The molecule has 14 nitrogen and oxygen atoms in total. The van der Waals surface area contributed by atoms with E-state index in [1.54, 1.807) is 0 Å². The molecule has 2 bridgehead atoms. The number of hydroxylamine groups is 2. The van der Waals surface area contributed by atoms with Crippen molar-refractivity contribution in [2.24, 2.45) is 5.73 Å². The smallest absolute Gasteiger partial charge is 0.351 e. The molecule has 29 heavy (non-hydrogen) atoms. The molecule has 3 saturated heterocycles. The molecule has 3 aliphatic rings. The van der Waals surface area contributed by atoms with Crippen molar-refractivity contribution in [3.05, 3.63) is 0 Å². The predicted molar refractivity (Wildman–Crippen MR) is 89.3 cm³/mol. The lowest BCUT2D eigenvalue weighted by molar-refractivity contribution is -0.133. The Hall–Kier alpha value is -2.72. The first-order valence-corrected chi connectivity index (χ1v) is 9.91. The van der Waals surface area contributed by atoms with Gasteiger partial charge in [-0.1, -0.05) is 0 Å². The summed E-state index contributed by atoms with van der Waals surface area (Å²) in [6.07, 6.45) is -1.37. The number of carbonyl (C=O) groups is 4. The molecule has 0 aromatic heterocycles. The molecule has 3 heterocycles. The predicted octanol–water partition coefficient (Wildman–Crippen LogP) is -2.37. The number of hydrogen-bond donors (Lipinski definition) is 4. The van der Waals surface area contributed by atoms with Crippen LogP contribution in [0.4, 0.5) is 14.0 Å². The second kappa shape index (κ2) is 7.60. The van der Waals surface area contributed by atoms with Gasteiger partial charge in [-0.15, -0.1) is 4.28 Å². The minimum Gasteiger partial charge on any atom is -0.351 e. The number of halogens is 1. The molecule has 3 fully saturated rings. The van der Waals surface area contributed by atoms with Crippen LogP contribution in [-0.2, 0) is 24.3 Å². The van der Waals surface area contributed by atoms with Crippen molar-refractivity contribution in [1.82, 2.24) is 25.7 Å². The summed E-state index contributed by atoms with van der Waals surface area (Å²) in [7, 11) is -4.92. The number of hydrogen-bond acceptors (Lipinski definition) is 7. The van der Waals surface area contributed by atoms with Gasteiger partial charge in [-0.2, -0.15) is 13.5 Å². The average molecular weight is 438 g/mol. The van der Waals surface area contributed by atoms with E-state index >= 15 is 0 Å². The number of nitrogens with two attached hydrogens (primary N) is 1. The Morgan fingerprint density at radius 2 is 1.76 bits per heavy atom. The second-order valence-corrected chi connectivity index (χ2v) is 7.83. The van der Waals surface area contributed by atoms with E-state index in [0.29, 0.717) is 5.06 Å². The van der Waals surface area contributed by atoms with Gasteiger partial charge in [-0.25, -0.2) is 14.0 Å². The lowest BCUT2D eigenvalue weighted by Gasteiger charge is -2.29. The Morgan fingerprint density at radius 3 is 2.34 bits per heavy atom. The highest BCUT2D eigenvalue weighted by molar-refractivity contribution is 7.80. The minimum atomic E-state index is -4.92. The maximum atomic E-state index is 13.5. The number of urea groups is 2. The molecule has 2 unspecified atom stereocenters. The van der Waals surface area contributed by atoms with Gasteiger partial charge in [0.1, 0.15) is 18.3 Å². The van der Waals surface area contributed by atoms with Gasteiger partial charge in [0.25, 0.3) is 11.8 Å². The van der Waals surface area contributed by atoms with E-state index < -0.39 is 58.6 Å². The number of likely N-dealkylation sites (tertiary alicyclic amines) is 1. The zero-order valence-electron chi connectivity index (χ0n) is 14.9. The fourth-order valence-corrected chi connectivity index (χ4v) is 4.06. The highest BCUT2D eigenvalue weighted by Gasteiger charge is 2.49. The maximum absolute atomic E-state index is 13.5.